The number of amides is 2. The van der Waals surface area contributed by atoms with Gasteiger partial charge in [0, 0.05) is 29.7 Å². The molecular weight excluding hydrogens is 339 g/mol. The molecule has 0 radical (unpaired) electrons. The van der Waals surface area contributed by atoms with E-state index in [9.17, 15) is 9.59 Å². The summed E-state index contributed by atoms with van der Waals surface area (Å²) < 4.78 is 5.40. The molecule has 0 aromatic heterocycles. The molecule has 2 rings (SSSR count). The fraction of sp³-hybridized carbons (Fsp3) is 0.500. The molecule has 0 spiro atoms. The summed E-state index contributed by atoms with van der Waals surface area (Å²) in [5.41, 5.74) is 0.902. The van der Waals surface area contributed by atoms with Crippen molar-refractivity contribution < 1.29 is 14.3 Å². The first-order valence-corrected chi connectivity index (χ1v) is 8.39. The number of benzene rings is 1. The topological polar surface area (TPSA) is 67.4 Å². The molecule has 2 amide bonds. The first-order valence-electron chi connectivity index (χ1n) is 7.63. The fourth-order valence-corrected chi connectivity index (χ4v) is 2.87. The van der Waals surface area contributed by atoms with Gasteiger partial charge in [-0.2, -0.15) is 0 Å². The van der Waals surface area contributed by atoms with Gasteiger partial charge in [-0.15, -0.1) is 0 Å². The lowest BCUT2D eigenvalue weighted by atomic mass is 10.1. The summed E-state index contributed by atoms with van der Waals surface area (Å²) in [4.78, 5) is 23.4. The van der Waals surface area contributed by atoms with E-state index in [0.29, 0.717) is 29.6 Å². The highest BCUT2D eigenvalue weighted by Gasteiger charge is 2.17. The van der Waals surface area contributed by atoms with Crippen molar-refractivity contribution in [2.45, 2.75) is 31.8 Å². The standard InChI is InChI=1S/C16H20Cl2N2O3/c17-12-4-3-11(14(18)8-12)5-6-19-15(21)9-16(22)20-10-13-2-1-7-23-13/h3-4,8,13H,1-2,5-7,9-10H2,(H,19,21)(H,20,22). The van der Waals surface area contributed by atoms with E-state index >= 15 is 0 Å². The third kappa shape index (κ3) is 6.37. The Morgan fingerprint density at radius 2 is 2.00 bits per heavy atom. The van der Waals surface area contributed by atoms with E-state index in [1.165, 1.54) is 0 Å². The summed E-state index contributed by atoms with van der Waals surface area (Å²) in [6, 6.07) is 5.24. The van der Waals surface area contributed by atoms with Crippen LogP contribution in [0.25, 0.3) is 0 Å². The molecule has 2 N–H and O–H groups in total. The zero-order valence-electron chi connectivity index (χ0n) is 12.7. The Bertz CT molecular complexity index is 560. The lowest BCUT2D eigenvalue weighted by molar-refractivity contribution is -0.129. The van der Waals surface area contributed by atoms with Gasteiger partial charge in [-0.3, -0.25) is 9.59 Å². The minimum absolute atomic E-state index is 0.0778. The summed E-state index contributed by atoms with van der Waals surface area (Å²) >= 11 is 11.9. The second-order valence-electron chi connectivity index (χ2n) is 5.45. The maximum atomic E-state index is 11.7. The van der Waals surface area contributed by atoms with Crippen LogP contribution in [0.4, 0.5) is 0 Å². The molecule has 1 aliphatic rings. The van der Waals surface area contributed by atoms with E-state index in [2.05, 4.69) is 10.6 Å². The van der Waals surface area contributed by atoms with Crippen molar-refractivity contribution >= 4 is 35.0 Å². The number of nitrogens with one attached hydrogen (secondary N) is 2. The van der Waals surface area contributed by atoms with Crippen LogP contribution >= 0.6 is 23.2 Å². The molecule has 5 nitrogen and oxygen atoms in total. The van der Waals surface area contributed by atoms with Crippen molar-refractivity contribution in [3.63, 3.8) is 0 Å². The highest BCUT2D eigenvalue weighted by molar-refractivity contribution is 6.35. The van der Waals surface area contributed by atoms with Crippen LogP contribution in [-0.2, 0) is 20.7 Å². The van der Waals surface area contributed by atoms with Crippen molar-refractivity contribution in [3.8, 4) is 0 Å². The van der Waals surface area contributed by atoms with Crippen molar-refractivity contribution in [3.05, 3.63) is 33.8 Å². The number of carbonyl (C=O) groups excluding carboxylic acids is 2. The third-order valence-corrected chi connectivity index (χ3v) is 4.19. The highest BCUT2D eigenvalue weighted by Crippen LogP contribution is 2.21. The van der Waals surface area contributed by atoms with Crippen LogP contribution in [0.3, 0.4) is 0 Å². The minimum atomic E-state index is -0.306. The molecule has 23 heavy (non-hydrogen) atoms. The molecule has 1 aromatic carbocycles. The van der Waals surface area contributed by atoms with Crippen molar-refractivity contribution in [1.29, 1.82) is 0 Å². The summed E-state index contributed by atoms with van der Waals surface area (Å²) in [7, 11) is 0. The van der Waals surface area contributed by atoms with Crippen LogP contribution in [0.1, 0.15) is 24.8 Å². The number of ether oxygens (including phenoxy) is 1. The van der Waals surface area contributed by atoms with E-state index in [-0.39, 0.29) is 24.3 Å². The predicted molar refractivity (Wildman–Crippen MR) is 89.8 cm³/mol. The van der Waals surface area contributed by atoms with E-state index < -0.39 is 0 Å². The van der Waals surface area contributed by atoms with E-state index in [1.54, 1.807) is 12.1 Å². The van der Waals surface area contributed by atoms with Crippen molar-refractivity contribution in [2.24, 2.45) is 0 Å². The van der Waals surface area contributed by atoms with Crippen LogP contribution in [0.2, 0.25) is 10.0 Å². The van der Waals surface area contributed by atoms with Crippen LogP contribution in [0, 0.1) is 0 Å². The summed E-state index contributed by atoms with van der Waals surface area (Å²) in [6.45, 7) is 1.62. The smallest absolute Gasteiger partial charge is 0.229 e. The molecule has 1 unspecified atom stereocenters. The maximum Gasteiger partial charge on any atom is 0.229 e. The zero-order valence-corrected chi connectivity index (χ0v) is 14.3. The largest absolute Gasteiger partial charge is 0.376 e. The zero-order chi connectivity index (χ0) is 16.7. The summed E-state index contributed by atoms with van der Waals surface area (Å²) in [5.74, 6) is -0.595. The molecule has 1 atom stereocenters. The Hall–Kier alpha value is -1.30. The Labute approximate surface area is 145 Å². The first-order chi connectivity index (χ1) is 11.0. The third-order valence-electron chi connectivity index (χ3n) is 3.60. The molecule has 126 valence electrons. The number of hydrogen-bond donors (Lipinski definition) is 2. The maximum absolute atomic E-state index is 11.7. The van der Waals surface area contributed by atoms with Gasteiger partial charge < -0.3 is 15.4 Å². The van der Waals surface area contributed by atoms with Gasteiger partial charge in [-0.1, -0.05) is 29.3 Å². The van der Waals surface area contributed by atoms with Crippen molar-refractivity contribution in [2.75, 3.05) is 19.7 Å². The fourth-order valence-electron chi connectivity index (χ4n) is 2.36. The average molecular weight is 359 g/mol. The Morgan fingerprint density at radius 3 is 2.70 bits per heavy atom. The number of rotatable bonds is 7. The second kappa shape index (κ2) is 9.11. The summed E-state index contributed by atoms with van der Waals surface area (Å²) in [5, 5.41) is 6.57. The van der Waals surface area contributed by atoms with E-state index in [4.69, 9.17) is 27.9 Å². The molecule has 0 bridgehead atoms. The molecule has 0 saturated carbocycles. The number of halogens is 2. The van der Waals surface area contributed by atoms with Gasteiger partial charge in [0.05, 0.1) is 6.10 Å². The molecule has 1 aromatic rings. The first kappa shape index (κ1) is 18.0. The van der Waals surface area contributed by atoms with Gasteiger partial charge in [0.2, 0.25) is 11.8 Å². The average Bonchev–Trinajstić information content (AvgIpc) is 3.01. The lowest BCUT2D eigenvalue weighted by Gasteiger charge is -2.11. The Morgan fingerprint density at radius 1 is 1.22 bits per heavy atom. The van der Waals surface area contributed by atoms with Crippen molar-refractivity contribution in [1.82, 2.24) is 10.6 Å². The molecule has 1 saturated heterocycles. The van der Waals surface area contributed by atoms with E-state index in [1.807, 2.05) is 6.07 Å². The molecule has 1 heterocycles. The number of hydrogen-bond acceptors (Lipinski definition) is 3. The number of carbonyl (C=O) groups is 2. The molecular formula is C16H20Cl2N2O3. The Balaban J connectivity index is 1.63. The quantitative estimate of drug-likeness (QED) is 0.735. The molecule has 0 aliphatic carbocycles. The Kier molecular flexibility index (Phi) is 7.15. The van der Waals surface area contributed by atoms with Crippen LogP contribution in [0.5, 0.6) is 0 Å². The highest BCUT2D eigenvalue weighted by atomic mass is 35.5. The van der Waals surface area contributed by atoms with Crippen LogP contribution < -0.4 is 10.6 Å². The van der Waals surface area contributed by atoms with Gasteiger partial charge in [-0.05, 0) is 37.0 Å². The van der Waals surface area contributed by atoms with Gasteiger partial charge in [0.15, 0.2) is 0 Å². The lowest BCUT2D eigenvalue weighted by Crippen LogP contribution is -2.36. The minimum Gasteiger partial charge on any atom is -0.376 e. The second-order valence-corrected chi connectivity index (χ2v) is 6.30. The normalized spacial score (nSPS) is 17.0. The monoisotopic (exact) mass is 358 g/mol. The van der Waals surface area contributed by atoms with Gasteiger partial charge >= 0.3 is 0 Å². The molecule has 1 fully saturated rings. The predicted octanol–water partition coefficient (Wildman–Crippen LogP) is 2.34. The SMILES string of the molecule is O=C(CC(=O)NCC1CCCO1)NCCc1ccc(Cl)cc1Cl. The van der Waals surface area contributed by atoms with Gasteiger partial charge in [0.1, 0.15) is 6.42 Å². The van der Waals surface area contributed by atoms with Crippen LogP contribution in [0.15, 0.2) is 18.2 Å². The van der Waals surface area contributed by atoms with Gasteiger partial charge in [-0.25, -0.2) is 0 Å². The van der Waals surface area contributed by atoms with Crippen LogP contribution in [-0.4, -0.2) is 37.6 Å². The molecule has 1 aliphatic heterocycles. The van der Waals surface area contributed by atoms with E-state index in [0.717, 1.165) is 25.0 Å². The van der Waals surface area contributed by atoms with Gasteiger partial charge in [0.25, 0.3) is 0 Å². The molecule has 7 heteroatoms. The summed E-state index contributed by atoms with van der Waals surface area (Å²) in [6.07, 6.45) is 2.46.